The molecule has 1 unspecified atom stereocenters. The maximum absolute atomic E-state index is 12.1. The zero-order valence-corrected chi connectivity index (χ0v) is 15.8. The number of aliphatic hydroxyl groups is 1. The quantitative estimate of drug-likeness (QED) is 0.612. The van der Waals surface area contributed by atoms with Crippen LogP contribution in [-0.4, -0.2) is 51.4 Å². The van der Waals surface area contributed by atoms with E-state index in [-0.39, 0.29) is 11.4 Å². The van der Waals surface area contributed by atoms with E-state index in [9.17, 15) is 13.5 Å². The van der Waals surface area contributed by atoms with Crippen molar-refractivity contribution in [3.8, 4) is 11.4 Å². The Morgan fingerprint density at radius 2 is 1.93 bits per heavy atom. The first-order valence-corrected chi connectivity index (χ1v) is 9.79. The molecule has 0 aliphatic rings. The second kappa shape index (κ2) is 7.91. The van der Waals surface area contributed by atoms with Crippen LogP contribution in [-0.2, 0) is 16.6 Å². The SMILES string of the molecule is Cc1ccc(Cn2nnc(-c3ccc(S(=O)(=O)NCC(C)O)cc3)n2)nc1. The molecule has 0 aliphatic heterocycles. The van der Waals surface area contributed by atoms with Gasteiger partial charge in [0.1, 0.15) is 6.54 Å². The summed E-state index contributed by atoms with van der Waals surface area (Å²) in [7, 11) is -3.67. The van der Waals surface area contributed by atoms with Gasteiger partial charge in [0, 0.05) is 18.3 Å². The lowest BCUT2D eigenvalue weighted by Crippen LogP contribution is -2.30. The minimum Gasteiger partial charge on any atom is -0.392 e. The number of aromatic nitrogens is 5. The molecule has 3 rings (SSSR count). The third-order valence-electron chi connectivity index (χ3n) is 3.72. The fraction of sp³-hybridized carbons (Fsp3) is 0.294. The van der Waals surface area contributed by atoms with Gasteiger partial charge in [-0.05, 0) is 55.0 Å². The van der Waals surface area contributed by atoms with Crippen molar-refractivity contribution in [2.45, 2.75) is 31.4 Å². The third-order valence-corrected chi connectivity index (χ3v) is 5.16. The molecule has 27 heavy (non-hydrogen) atoms. The van der Waals surface area contributed by atoms with Crippen LogP contribution in [0.25, 0.3) is 11.4 Å². The number of benzene rings is 1. The van der Waals surface area contributed by atoms with Crippen molar-refractivity contribution in [2.24, 2.45) is 0 Å². The number of nitrogens with zero attached hydrogens (tertiary/aromatic N) is 5. The molecular formula is C17H20N6O3S. The van der Waals surface area contributed by atoms with E-state index in [0.29, 0.717) is 17.9 Å². The molecule has 0 saturated heterocycles. The Bertz CT molecular complexity index is 998. The highest BCUT2D eigenvalue weighted by molar-refractivity contribution is 7.89. The molecule has 0 saturated carbocycles. The summed E-state index contributed by atoms with van der Waals surface area (Å²) in [6.45, 7) is 3.81. The van der Waals surface area contributed by atoms with E-state index in [1.165, 1.54) is 23.9 Å². The van der Waals surface area contributed by atoms with Gasteiger partial charge in [0.25, 0.3) is 0 Å². The van der Waals surface area contributed by atoms with Gasteiger partial charge in [-0.1, -0.05) is 6.07 Å². The fourth-order valence-corrected chi connectivity index (χ4v) is 3.38. The van der Waals surface area contributed by atoms with Crippen molar-refractivity contribution in [2.75, 3.05) is 6.54 Å². The molecule has 0 radical (unpaired) electrons. The molecule has 2 N–H and O–H groups in total. The zero-order valence-electron chi connectivity index (χ0n) is 14.9. The van der Waals surface area contributed by atoms with Crippen LogP contribution < -0.4 is 4.72 Å². The second-order valence-corrected chi connectivity index (χ2v) is 7.96. The van der Waals surface area contributed by atoms with E-state index >= 15 is 0 Å². The average Bonchev–Trinajstić information content (AvgIpc) is 3.11. The van der Waals surface area contributed by atoms with Crippen LogP contribution in [0.3, 0.4) is 0 Å². The molecule has 1 aromatic carbocycles. The van der Waals surface area contributed by atoms with Gasteiger partial charge in [-0.15, -0.1) is 10.2 Å². The Morgan fingerprint density at radius 1 is 1.19 bits per heavy atom. The van der Waals surface area contributed by atoms with Crippen LogP contribution in [0, 0.1) is 6.92 Å². The minimum absolute atomic E-state index is 0.0486. The summed E-state index contributed by atoms with van der Waals surface area (Å²) in [5.74, 6) is 0.392. The summed E-state index contributed by atoms with van der Waals surface area (Å²) in [5, 5.41) is 21.5. The average molecular weight is 388 g/mol. The molecule has 2 heterocycles. The van der Waals surface area contributed by atoms with Gasteiger partial charge in [0.05, 0.1) is 16.7 Å². The van der Waals surface area contributed by atoms with Crippen molar-refractivity contribution in [3.05, 3.63) is 53.9 Å². The molecule has 1 atom stereocenters. The van der Waals surface area contributed by atoms with Crippen molar-refractivity contribution in [1.29, 1.82) is 0 Å². The van der Waals surface area contributed by atoms with Gasteiger partial charge in [-0.2, -0.15) is 4.80 Å². The number of hydrogen-bond acceptors (Lipinski definition) is 7. The Hall–Kier alpha value is -2.69. The first kappa shape index (κ1) is 19.1. The Kier molecular flexibility index (Phi) is 5.59. The maximum Gasteiger partial charge on any atom is 0.240 e. The van der Waals surface area contributed by atoms with E-state index in [4.69, 9.17) is 0 Å². The van der Waals surface area contributed by atoms with Crippen LogP contribution in [0.2, 0.25) is 0 Å². The van der Waals surface area contributed by atoms with Crippen LogP contribution in [0.15, 0.2) is 47.5 Å². The summed E-state index contributed by atoms with van der Waals surface area (Å²) < 4.78 is 26.6. The highest BCUT2D eigenvalue weighted by Gasteiger charge is 2.15. The number of rotatable bonds is 7. The van der Waals surface area contributed by atoms with Crippen LogP contribution >= 0.6 is 0 Å². The molecule has 10 heteroatoms. The Balaban J connectivity index is 1.72. The highest BCUT2D eigenvalue weighted by Crippen LogP contribution is 2.17. The lowest BCUT2D eigenvalue weighted by atomic mass is 10.2. The molecule has 0 fully saturated rings. The standard InChI is InChI=1S/C17H20N6O3S/c1-12-3-6-15(18-9-12)11-23-21-17(20-22-23)14-4-7-16(8-5-14)27(25,26)19-10-13(2)24/h3-9,13,19,24H,10-11H2,1-2H3. The Morgan fingerprint density at radius 3 is 2.56 bits per heavy atom. The number of sulfonamides is 1. The fourth-order valence-electron chi connectivity index (χ4n) is 2.26. The number of nitrogens with one attached hydrogen (secondary N) is 1. The summed E-state index contributed by atoms with van der Waals surface area (Å²) >= 11 is 0. The molecule has 0 amide bonds. The zero-order chi connectivity index (χ0) is 19.4. The van der Waals surface area contributed by atoms with Gasteiger partial charge in [0.15, 0.2) is 0 Å². The molecule has 0 bridgehead atoms. The van der Waals surface area contributed by atoms with E-state index in [0.717, 1.165) is 11.3 Å². The molecular weight excluding hydrogens is 368 g/mol. The number of tetrazole rings is 1. The predicted molar refractivity (Wildman–Crippen MR) is 98.2 cm³/mol. The normalized spacial score (nSPS) is 12.9. The lowest BCUT2D eigenvalue weighted by Gasteiger charge is -2.08. The molecule has 2 aromatic heterocycles. The topological polar surface area (TPSA) is 123 Å². The largest absolute Gasteiger partial charge is 0.392 e. The maximum atomic E-state index is 12.1. The Labute approximate surface area is 157 Å². The summed E-state index contributed by atoms with van der Waals surface area (Å²) in [6, 6.07) is 10.0. The monoisotopic (exact) mass is 388 g/mol. The molecule has 9 nitrogen and oxygen atoms in total. The third kappa shape index (κ3) is 4.94. The molecule has 0 spiro atoms. The number of aryl methyl sites for hydroxylation is 1. The van der Waals surface area contributed by atoms with Crippen molar-refractivity contribution >= 4 is 10.0 Å². The number of aliphatic hydroxyl groups excluding tert-OH is 1. The van der Waals surface area contributed by atoms with Gasteiger partial charge in [0.2, 0.25) is 15.8 Å². The van der Waals surface area contributed by atoms with Crippen LogP contribution in [0.4, 0.5) is 0 Å². The molecule has 3 aromatic rings. The molecule has 0 aliphatic carbocycles. The van der Waals surface area contributed by atoms with Crippen molar-refractivity contribution in [3.63, 3.8) is 0 Å². The van der Waals surface area contributed by atoms with E-state index in [1.807, 2.05) is 19.1 Å². The van der Waals surface area contributed by atoms with E-state index in [1.54, 1.807) is 18.3 Å². The minimum atomic E-state index is -3.67. The number of pyridine rings is 1. The van der Waals surface area contributed by atoms with Crippen LogP contribution in [0.5, 0.6) is 0 Å². The second-order valence-electron chi connectivity index (χ2n) is 6.20. The van der Waals surface area contributed by atoms with Crippen LogP contribution in [0.1, 0.15) is 18.2 Å². The predicted octanol–water partition coefficient (Wildman–Crippen LogP) is 0.751. The first-order chi connectivity index (χ1) is 12.8. The first-order valence-electron chi connectivity index (χ1n) is 8.31. The lowest BCUT2D eigenvalue weighted by molar-refractivity contribution is 0.198. The van der Waals surface area contributed by atoms with Gasteiger partial charge in [-0.25, -0.2) is 13.1 Å². The van der Waals surface area contributed by atoms with Gasteiger partial charge < -0.3 is 5.11 Å². The van der Waals surface area contributed by atoms with Crippen molar-refractivity contribution in [1.82, 2.24) is 29.9 Å². The van der Waals surface area contributed by atoms with Gasteiger partial charge in [-0.3, -0.25) is 4.98 Å². The smallest absolute Gasteiger partial charge is 0.240 e. The van der Waals surface area contributed by atoms with Gasteiger partial charge >= 0.3 is 0 Å². The van der Waals surface area contributed by atoms with E-state index in [2.05, 4.69) is 25.1 Å². The molecule has 142 valence electrons. The summed E-state index contributed by atoms with van der Waals surface area (Å²) in [4.78, 5) is 5.84. The van der Waals surface area contributed by atoms with E-state index < -0.39 is 16.1 Å². The summed E-state index contributed by atoms with van der Waals surface area (Å²) in [5.41, 5.74) is 2.53. The number of hydrogen-bond donors (Lipinski definition) is 2. The highest BCUT2D eigenvalue weighted by atomic mass is 32.2. The van der Waals surface area contributed by atoms with Crippen molar-refractivity contribution < 1.29 is 13.5 Å². The summed E-state index contributed by atoms with van der Waals surface area (Å²) in [6.07, 6.45) is 1.01.